The van der Waals surface area contributed by atoms with Gasteiger partial charge in [-0.2, -0.15) is 0 Å². The van der Waals surface area contributed by atoms with Crippen LogP contribution >= 0.6 is 7.82 Å². The lowest BCUT2D eigenvalue weighted by Gasteiger charge is -2.28. The van der Waals surface area contributed by atoms with Gasteiger partial charge < -0.3 is 27.9 Å². The maximum Gasteiger partial charge on any atom is 0.306 e. The van der Waals surface area contributed by atoms with Gasteiger partial charge in [-0.15, -0.1) is 0 Å². The predicted octanol–water partition coefficient (Wildman–Crippen LogP) is 13.8. The summed E-state index contributed by atoms with van der Waals surface area (Å²) in [5.74, 6) is -0.354. The average Bonchev–Trinajstić information content (AvgIpc) is 3.20. The maximum absolute atomic E-state index is 12.7. The van der Waals surface area contributed by atoms with E-state index in [2.05, 4.69) is 98.9 Å². The van der Waals surface area contributed by atoms with E-state index in [1.165, 1.54) is 57.8 Å². The highest BCUT2D eigenvalue weighted by atomic mass is 31.2. The van der Waals surface area contributed by atoms with Gasteiger partial charge in [0.25, 0.3) is 7.82 Å². The minimum Gasteiger partial charge on any atom is -0.756 e. The van der Waals surface area contributed by atoms with Crippen LogP contribution in [0.5, 0.6) is 0 Å². The van der Waals surface area contributed by atoms with Crippen LogP contribution in [0.4, 0.5) is 0 Å². The first-order valence-corrected chi connectivity index (χ1v) is 25.3. The van der Waals surface area contributed by atoms with Crippen LogP contribution in [0.2, 0.25) is 0 Å². The lowest BCUT2D eigenvalue weighted by molar-refractivity contribution is -0.870. The summed E-state index contributed by atoms with van der Waals surface area (Å²) in [5, 5.41) is 0. The van der Waals surface area contributed by atoms with Crippen LogP contribution in [0.3, 0.4) is 0 Å². The Morgan fingerprint density at radius 2 is 0.967 bits per heavy atom. The highest BCUT2D eigenvalue weighted by molar-refractivity contribution is 7.45. The van der Waals surface area contributed by atoms with Crippen LogP contribution in [-0.4, -0.2) is 70.7 Å². The molecule has 8 nitrogen and oxygen atoms in total. The number of likely N-dealkylation sites (N-methyl/N-ethyl adjacent to an activating group) is 1. The number of hydrogen-bond donors (Lipinski definition) is 0. The van der Waals surface area contributed by atoms with Gasteiger partial charge in [-0.05, 0) is 89.9 Å². The van der Waals surface area contributed by atoms with Crippen molar-refractivity contribution in [3.63, 3.8) is 0 Å². The van der Waals surface area contributed by atoms with Crippen LogP contribution in [0.25, 0.3) is 0 Å². The van der Waals surface area contributed by atoms with E-state index in [0.29, 0.717) is 24.1 Å². The number of carbonyl (C=O) groups excluding carboxylic acids is 1. The van der Waals surface area contributed by atoms with Gasteiger partial charge in [0.2, 0.25) is 0 Å². The molecule has 2 atom stereocenters. The lowest BCUT2D eigenvalue weighted by Crippen LogP contribution is -2.37. The van der Waals surface area contributed by atoms with Gasteiger partial charge in [-0.25, -0.2) is 0 Å². The molecule has 0 fully saturated rings. The molecular weight excluding hydrogens is 770 g/mol. The maximum atomic E-state index is 12.7. The van der Waals surface area contributed by atoms with Gasteiger partial charge in [-0.1, -0.05) is 163 Å². The van der Waals surface area contributed by atoms with E-state index in [1.54, 1.807) is 0 Å². The molecule has 0 amide bonds. The second-order valence-corrected chi connectivity index (χ2v) is 18.1. The Balaban J connectivity index is 4.24. The first kappa shape index (κ1) is 57.7. The summed E-state index contributed by atoms with van der Waals surface area (Å²) in [6, 6.07) is 0. The van der Waals surface area contributed by atoms with Crippen molar-refractivity contribution in [2.24, 2.45) is 0 Å². The van der Waals surface area contributed by atoms with Crippen molar-refractivity contribution < 1.29 is 37.3 Å². The summed E-state index contributed by atoms with van der Waals surface area (Å²) in [6.07, 6.45) is 57.4. The number of allylic oxidation sites excluding steroid dienone is 14. The van der Waals surface area contributed by atoms with Crippen molar-refractivity contribution in [3.05, 3.63) is 85.1 Å². The summed E-state index contributed by atoms with van der Waals surface area (Å²) in [6.45, 7) is 5.21. The van der Waals surface area contributed by atoms with Gasteiger partial charge >= 0.3 is 5.97 Å². The number of carbonyl (C=O) groups is 1. The number of nitrogens with zero attached hydrogens (tertiary/aromatic N) is 1. The molecule has 0 spiro atoms. The number of quaternary nitrogens is 1. The molecule has 2 unspecified atom stereocenters. The Hall–Kier alpha value is -2.32. The quantitative estimate of drug-likeness (QED) is 0.0198. The Morgan fingerprint density at radius 1 is 0.533 bits per heavy atom. The monoisotopic (exact) mass is 860 g/mol. The van der Waals surface area contributed by atoms with Gasteiger partial charge in [0.05, 0.1) is 34.4 Å². The van der Waals surface area contributed by atoms with E-state index in [1.807, 2.05) is 21.1 Å². The van der Waals surface area contributed by atoms with Crippen molar-refractivity contribution in [2.75, 3.05) is 54.1 Å². The number of rotatable bonds is 43. The van der Waals surface area contributed by atoms with Crippen molar-refractivity contribution in [3.8, 4) is 0 Å². The highest BCUT2D eigenvalue weighted by Crippen LogP contribution is 2.38. The first-order chi connectivity index (χ1) is 29.1. The molecule has 0 heterocycles. The summed E-state index contributed by atoms with van der Waals surface area (Å²) in [5.41, 5.74) is 0. The van der Waals surface area contributed by atoms with E-state index in [9.17, 15) is 14.3 Å². The van der Waals surface area contributed by atoms with Crippen LogP contribution in [0.15, 0.2) is 85.1 Å². The molecule has 0 radical (unpaired) electrons. The van der Waals surface area contributed by atoms with Gasteiger partial charge in [0.15, 0.2) is 0 Å². The molecular formula is C51H90NO7P. The largest absolute Gasteiger partial charge is 0.756 e. The van der Waals surface area contributed by atoms with Gasteiger partial charge in [0.1, 0.15) is 19.3 Å². The number of esters is 1. The van der Waals surface area contributed by atoms with E-state index in [0.717, 1.165) is 96.3 Å². The Labute approximate surface area is 369 Å². The fourth-order valence-electron chi connectivity index (χ4n) is 6.01. The lowest BCUT2D eigenvalue weighted by atomic mass is 10.1. The van der Waals surface area contributed by atoms with Crippen molar-refractivity contribution >= 4 is 13.8 Å². The number of unbranched alkanes of at least 4 members (excludes halogenated alkanes) is 15. The third kappa shape index (κ3) is 46.7. The summed E-state index contributed by atoms with van der Waals surface area (Å²) in [4.78, 5) is 25.1. The smallest absolute Gasteiger partial charge is 0.306 e. The van der Waals surface area contributed by atoms with E-state index < -0.39 is 13.9 Å². The molecule has 0 aromatic carbocycles. The van der Waals surface area contributed by atoms with Crippen molar-refractivity contribution in [1.29, 1.82) is 0 Å². The molecule has 0 aliphatic carbocycles. The first-order valence-electron chi connectivity index (χ1n) is 23.8. The topological polar surface area (TPSA) is 94.1 Å². The number of hydrogen-bond acceptors (Lipinski definition) is 7. The second-order valence-electron chi connectivity index (χ2n) is 16.7. The zero-order chi connectivity index (χ0) is 44.1. The molecule has 0 saturated heterocycles. The van der Waals surface area contributed by atoms with Crippen LogP contribution in [0.1, 0.15) is 174 Å². The molecule has 0 rings (SSSR count). The van der Waals surface area contributed by atoms with Gasteiger partial charge in [-0.3, -0.25) is 9.36 Å². The molecule has 0 aromatic rings. The van der Waals surface area contributed by atoms with E-state index in [-0.39, 0.29) is 25.8 Å². The second kappa shape index (κ2) is 43.3. The van der Waals surface area contributed by atoms with E-state index in [4.69, 9.17) is 18.5 Å². The molecule has 60 heavy (non-hydrogen) atoms. The zero-order valence-electron chi connectivity index (χ0n) is 39.1. The van der Waals surface area contributed by atoms with Crippen molar-refractivity contribution in [1.82, 2.24) is 0 Å². The number of phosphoric acid groups is 1. The third-order valence-electron chi connectivity index (χ3n) is 9.68. The molecule has 0 aromatic heterocycles. The average molecular weight is 860 g/mol. The zero-order valence-corrected chi connectivity index (χ0v) is 40.0. The Morgan fingerprint density at radius 3 is 1.47 bits per heavy atom. The van der Waals surface area contributed by atoms with Gasteiger partial charge in [0, 0.05) is 13.0 Å². The molecule has 0 saturated carbocycles. The van der Waals surface area contributed by atoms with Crippen LogP contribution < -0.4 is 4.89 Å². The standard InChI is InChI=1S/C51H90NO7P/c1-6-8-10-12-14-16-18-20-22-23-24-25-26-27-28-29-30-31-33-35-37-39-41-43-46-56-48-50(49-58-60(54,55)57-47-45-52(3,4)5)59-51(53)44-42-40-38-36-34-32-21-19-17-15-13-11-9-7-2/h8,10,14,16,19-22,24-25,27-28,30-31,50H,6-7,9,11-13,15,17-18,23,26,29,32-49H2,1-5H3/b10-8-,16-14-,21-19-,22-20-,25-24-,28-27-,31-30-. The number of phosphoric ester groups is 1. The van der Waals surface area contributed by atoms with Crippen molar-refractivity contribution in [2.45, 2.75) is 180 Å². The Kier molecular flexibility index (Phi) is 41.7. The molecule has 0 aliphatic rings. The normalized spacial score (nSPS) is 14.4. The summed E-state index contributed by atoms with van der Waals surface area (Å²) in [7, 11) is 1.32. The minimum absolute atomic E-state index is 0.0159. The fraction of sp³-hybridized carbons (Fsp3) is 0.706. The molecule has 0 bridgehead atoms. The number of ether oxygens (including phenoxy) is 2. The SMILES string of the molecule is CC/C=C\C/C=C\C/C=C\C/C=C\C/C=C\C/C=C\CCCCCCCOCC(COP(=O)([O-])OCC[N+](C)(C)C)OC(=O)CCCCCCC/C=C\CCCCCCC. The minimum atomic E-state index is -4.54. The summed E-state index contributed by atoms with van der Waals surface area (Å²) < 4.78 is 34.6. The third-order valence-corrected chi connectivity index (χ3v) is 10.6. The summed E-state index contributed by atoms with van der Waals surface area (Å²) >= 11 is 0. The fourth-order valence-corrected chi connectivity index (χ4v) is 6.74. The van der Waals surface area contributed by atoms with Crippen LogP contribution in [-0.2, 0) is 27.9 Å². The molecule has 346 valence electrons. The predicted molar refractivity (Wildman–Crippen MR) is 254 cm³/mol. The molecule has 0 aliphatic heterocycles. The molecule has 0 N–H and O–H groups in total. The van der Waals surface area contributed by atoms with Crippen LogP contribution in [0, 0.1) is 0 Å². The molecule has 9 heteroatoms. The Bertz CT molecular complexity index is 1230. The highest BCUT2D eigenvalue weighted by Gasteiger charge is 2.20. The van der Waals surface area contributed by atoms with E-state index >= 15 is 0 Å².